The van der Waals surface area contributed by atoms with Gasteiger partial charge in [0.15, 0.2) is 0 Å². The average Bonchev–Trinajstić information content (AvgIpc) is 3.10. The molecule has 1 fully saturated rings. The molecular weight excluding hydrogens is 433 g/mol. The Morgan fingerprint density at radius 3 is 2.71 bits per heavy atom. The van der Waals surface area contributed by atoms with Crippen LogP contribution in [0.1, 0.15) is 19.6 Å². The minimum Gasteiger partial charge on any atom is -0.480 e. The van der Waals surface area contributed by atoms with E-state index in [1.807, 2.05) is 0 Å². The van der Waals surface area contributed by atoms with Crippen molar-refractivity contribution < 1.29 is 33.7 Å². The molecule has 168 valence electrons. The first-order chi connectivity index (χ1) is 14.8. The second kappa shape index (κ2) is 10.0. The van der Waals surface area contributed by atoms with Gasteiger partial charge in [0.1, 0.15) is 24.1 Å². The number of aliphatic hydroxyl groups excluding tert-OH is 1. The molecule has 0 saturated carbocycles. The number of H-pyrrole nitrogens is 1. The fourth-order valence-corrected chi connectivity index (χ4v) is 3.92. The van der Waals surface area contributed by atoms with Crippen molar-refractivity contribution in [1.82, 2.24) is 14.4 Å². The van der Waals surface area contributed by atoms with Crippen molar-refractivity contribution in [2.24, 2.45) is 0 Å². The van der Waals surface area contributed by atoms with Gasteiger partial charge in [0, 0.05) is 18.7 Å². The van der Waals surface area contributed by atoms with Crippen molar-refractivity contribution >= 4 is 14.1 Å². The second-order valence-corrected chi connectivity index (χ2v) is 8.03. The molecule has 1 saturated heterocycles. The van der Waals surface area contributed by atoms with E-state index in [4.69, 9.17) is 14.1 Å². The molecular formula is C18H22N3O9P. The third-order valence-corrected chi connectivity index (χ3v) is 5.82. The number of aromatic amines is 1. The molecule has 1 aromatic heterocycles. The lowest BCUT2D eigenvalue weighted by Gasteiger charge is -2.25. The lowest BCUT2D eigenvalue weighted by Crippen LogP contribution is -2.37. The fraction of sp³-hybridized carbons (Fsp3) is 0.389. The number of nitrogens with one attached hydrogen (secondary N) is 1. The molecule has 0 bridgehead atoms. The van der Waals surface area contributed by atoms with Crippen molar-refractivity contribution in [3.63, 3.8) is 0 Å². The van der Waals surface area contributed by atoms with E-state index < -0.39 is 49.9 Å². The van der Waals surface area contributed by atoms with Crippen LogP contribution >= 0.6 is 8.18 Å². The van der Waals surface area contributed by atoms with Gasteiger partial charge in [-0.2, -0.15) is 0 Å². The van der Waals surface area contributed by atoms with Gasteiger partial charge in [0.05, 0.1) is 12.7 Å². The zero-order valence-electron chi connectivity index (χ0n) is 16.4. The molecule has 5 atom stereocenters. The molecule has 12 nitrogen and oxygen atoms in total. The highest BCUT2D eigenvalue weighted by Gasteiger charge is 2.37. The van der Waals surface area contributed by atoms with Crippen LogP contribution < -0.4 is 16.1 Å². The number of carbonyl (C=O) groups is 1. The number of ether oxygens (including phenoxy) is 1. The van der Waals surface area contributed by atoms with Gasteiger partial charge in [-0.15, -0.1) is 0 Å². The largest absolute Gasteiger partial charge is 0.480 e. The van der Waals surface area contributed by atoms with E-state index >= 15 is 0 Å². The van der Waals surface area contributed by atoms with Gasteiger partial charge in [-0.05, 0) is 19.1 Å². The predicted molar refractivity (Wildman–Crippen MR) is 107 cm³/mol. The molecule has 3 N–H and O–H groups in total. The predicted octanol–water partition coefficient (Wildman–Crippen LogP) is 0.360. The number of para-hydroxylation sites is 1. The highest BCUT2D eigenvalue weighted by atomic mass is 31.1. The Balaban J connectivity index is 1.65. The van der Waals surface area contributed by atoms with Gasteiger partial charge in [0.25, 0.3) is 13.7 Å². The maximum absolute atomic E-state index is 12.7. The van der Waals surface area contributed by atoms with Crippen LogP contribution in [0.3, 0.4) is 0 Å². The molecule has 0 amide bonds. The zero-order chi connectivity index (χ0) is 22.5. The van der Waals surface area contributed by atoms with Gasteiger partial charge in [-0.3, -0.25) is 23.7 Å². The number of hydroxylamine groups is 1. The third-order valence-electron chi connectivity index (χ3n) is 4.57. The minimum atomic E-state index is -3.20. The van der Waals surface area contributed by atoms with Crippen LogP contribution in [0, 0.1) is 0 Å². The molecule has 13 heteroatoms. The van der Waals surface area contributed by atoms with Crippen LogP contribution in [0.4, 0.5) is 0 Å². The highest BCUT2D eigenvalue weighted by Crippen LogP contribution is 2.35. The van der Waals surface area contributed by atoms with Gasteiger partial charge in [0.2, 0.25) is 0 Å². The van der Waals surface area contributed by atoms with Crippen LogP contribution in [0.15, 0.2) is 52.2 Å². The van der Waals surface area contributed by atoms with Crippen LogP contribution in [-0.4, -0.2) is 55.4 Å². The normalized spacial score (nSPS) is 22.9. The summed E-state index contributed by atoms with van der Waals surface area (Å²) >= 11 is 0. The highest BCUT2D eigenvalue weighted by molar-refractivity contribution is 7.36. The molecule has 1 aliphatic heterocycles. The number of hydrogen-bond donors (Lipinski definition) is 3. The first kappa shape index (κ1) is 22.9. The van der Waals surface area contributed by atoms with Crippen molar-refractivity contribution in [3.8, 4) is 5.75 Å². The number of carboxylic acid groups (broad SMARTS) is 1. The Hall–Kier alpha value is -2.76. The maximum atomic E-state index is 12.7. The summed E-state index contributed by atoms with van der Waals surface area (Å²) in [6, 6.07) is 8.05. The van der Waals surface area contributed by atoms with Crippen molar-refractivity contribution in [1.29, 1.82) is 0 Å². The standard InChI is InChI=1S/C18H22N3O9P/c1-11(17(24)25)21(30-12-5-3-2-4-6-12)31(27)28-10-14-13(22)9-16(29-14)20-8-7-15(23)19-18(20)26/h2-8,11,13-14,16,22,31H,9-10H2,1H3,(H,24,25)(H,19,23,26)/t11?,13-,14+,16+/m0/s1. The molecule has 2 heterocycles. The SMILES string of the molecule is CC(C(=O)O)N(Oc1ccccc1)[PH](=O)OC[C@H]1O[C@@H](n2ccc(=O)[nH]c2=O)C[C@@H]1O. The molecule has 0 spiro atoms. The van der Waals surface area contributed by atoms with E-state index in [0.717, 1.165) is 15.5 Å². The summed E-state index contributed by atoms with van der Waals surface area (Å²) in [6.45, 7) is 0.950. The van der Waals surface area contributed by atoms with Crippen LogP contribution in [-0.2, 0) is 18.6 Å². The Morgan fingerprint density at radius 1 is 1.35 bits per heavy atom. The maximum Gasteiger partial charge on any atom is 0.330 e. The summed E-state index contributed by atoms with van der Waals surface area (Å²) in [6.07, 6.45) is -1.55. The number of aliphatic carboxylic acids is 1. The first-order valence-corrected chi connectivity index (χ1v) is 10.6. The Morgan fingerprint density at radius 2 is 2.06 bits per heavy atom. The summed E-state index contributed by atoms with van der Waals surface area (Å²) < 4.78 is 24.7. The van der Waals surface area contributed by atoms with Crippen LogP contribution in [0.25, 0.3) is 0 Å². The zero-order valence-corrected chi connectivity index (χ0v) is 17.4. The minimum absolute atomic E-state index is 0.0384. The van der Waals surface area contributed by atoms with Gasteiger partial charge < -0.3 is 24.3 Å². The Labute approximate surface area is 176 Å². The summed E-state index contributed by atoms with van der Waals surface area (Å²) in [7, 11) is -3.20. The number of aromatic nitrogens is 2. The van der Waals surface area contributed by atoms with E-state index in [1.54, 1.807) is 30.3 Å². The number of benzene rings is 1. The summed E-state index contributed by atoms with van der Waals surface area (Å²) in [5.41, 5.74) is -1.26. The summed E-state index contributed by atoms with van der Waals surface area (Å²) in [5.74, 6) is -1.00. The third kappa shape index (κ3) is 5.69. The monoisotopic (exact) mass is 455 g/mol. The van der Waals surface area contributed by atoms with E-state index in [2.05, 4.69) is 4.98 Å². The molecule has 2 unspecified atom stereocenters. The van der Waals surface area contributed by atoms with Crippen molar-refractivity contribution in [2.45, 2.75) is 37.8 Å². The van der Waals surface area contributed by atoms with E-state index in [0.29, 0.717) is 0 Å². The quantitative estimate of drug-likeness (QED) is 0.356. The van der Waals surface area contributed by atoms with E-state index in [9.17, 15) is 29.2 Å². The Kier molecular flexibility index (Phi) is 7.42. The lowest BCUT2D eigenvalue weighted by molar-refractivity contribution is -0.148. The molecule has 3 rings (SSSR count). The lowest BCUT2D eigenvalue weighted by atomic mass is 10.2. The van der Waals surface area contributed by atoms with E-state index in [-0.39, 0.29) is 18.8 Å². The average molecular weight is 455 g/mol. The number of carboxylic acids is 1. The molecule has 1 aliphatic rings. The Bertz CT molecular complexity index is 1040. The molecule has 0 aliphatic carbocycles. The van der Waals surface area contributed by atoms with Crippen molar-refractivity contribution in [3.05, 3.63) is 63.4 Å². The smallest absolute Gasteiger partial charge is 0.330 e. The number of nitrogens with zero attached hydrogens (tertiary/aromatic N) is 2. The van der Waals surface area contributed by atoms with Gasteiger partial charge in [-0.1, -0.05) is 23.0 Å². The first-order valence-electron chi connectivity index (χ1n) is 9.33. The molecule has 2 aromatic rings. The van der Waals surface area contributed by atoms with Gasteiger partial charge in [-0.25, -0.2) is 4.79 Å². The van der Waals surface area contributed by atoms with Crippen molar-refractivity contribution in [2.75, 3.05) is 6.61 Å². The number of rotatable bonds is 9. The molecule has 0 radical (unpaired) electrons. The van der Waals surface area contributed by atoms with Gasteiger partial charge >= 0.3 is 11.7 Å². The fourth-order valence-electron chi connectivity index (χ4n) is 2.88. The molecule has 1 aromatic carbocycles. The summed E-state index contributed by atoms with van der Waals surface area (Å²) in [5, 5.41) is 19.5. The van der Waals surface area contributed by atoms with E-state index in [1.165, 1.54) is 13.1 Å². The second-order valence-electron chi connectivity index (χ2n) is 6.77. The van der Waals surface area contributed by atoms with Crippen LogP contribution in [0.5, 0.6) is 5.75 Å². The summed E-state index contributed by atoms with van der Waals surface area (Å²) in [4.78, 5) is 42.7. The molecule has 31 heavy (non-hydrogen) atoms. The number of aliphatic hydroxyl groups is 1. The topological polar surface area (TPSA) is 160 Å². The van der Waals surface area contributed by atoms with Crippen LogP contribution in [0.2, 0.25) is 0 Å². The number of hydrogen-bond acceptors (Lipinski definition) is 8.